The third kappa shape index (κ3) is 5.00. The molecule has 0 saturated carbocycles. The molecule has 0 amide bonds. The lowest BCUT2D eigenvalue weighted by Gasteiger charge is -2.23. The van der Waals surface area contributed by atoms with Gasteiger partial charge < -0.3 is 10.6 Å². The quantitative estimate of drug-likeness (QED) is 0.571. The predicted molar refractivity (Wildman–Crippen MR) is 97.8 cm³/mol. The van der Waals surface area contributed by atoms with Crippen molar-refractivity contribution in [3.05, 3.63) is 48.5 Å². The molecule has 2 aromatic carbocycles. The highest BCUT2D eigenvalue weighted by Gasteiger charge is 2.04. The van der Waals surface area contributed by atoms with E-state index in [0.717, 1.165) is 42.3 Å². The molecule has 0 aliphatic carbocycles. The van der Waals surface area contributed by atoms with Crippen LogP contribution < -0.4 is 10.6 Å². The smallest absolute Gasteiger partial charge is 0.0858 e. The molecule has 0 aliphatic heterocycles. The van der Waals surface area contributed by atoms with E-state index in [9.17, 15) is 0 Å². The van der Waals surface area contributed by atoms with E-state index < -0.39 is 0 Å². The van der Waals surface area contributed by atoms with Gasteiger partial charge in [0.25, 0.3) is 0 Å². The number of nitrogens with zero attached hydrogens (tertiary/aromatic N) is 4. The first-order valence-electron chi connectivity index (χ1n) is 7.80. The Kier molecular flexibility index (Phi) is 6.44. The Balaban J connectivity index is 2.06. The second-order valence-corrected chi connectivity index (χ2v) is 5.17. The second-order valence-electron chi connectivity index (χ2n) is 5.17. The summed E-state index contributed by atoms with van der Waals surface area (Å²) < 4.78 is 0. The van der Waals surface area contributed by atoms with Crippen molar-refractivity contribution < 1.29 is 0 Å². The highest BCUT2D eigenvalue weighted by atomic mass is 15.1. The van der Waals surface area contributed by atoms with E-state index in [2.05, 4.69) is 45.9 Å². The molecular formula is C18H23N5. The minimum Gasteiger partial charge on any atom is -0.370 e. The molecule has 0 aromatic heterocycles. The minimum atomic E-state index is 0.650. The Morgan fingerprint density at radius 2 is 1.39 bits per heavy atom. The zero-order valence-corrected chi connectivity index (χ0v) is 13.5. The Hall–Kier alpha value is -2.53. The van der Waals surface area contributed by atoms with Crippen LogP contribution in [0.3, 0.4) is 0 Å². The average molecular weight is 309 g/mol. The first-order chi connectivity index (χ1) is 11.3. The van der Waals surface area contributed by atoms with Crippen molar-refractivity contribution in [3.8, 4) is 0 Å². The van der Waals surface area contributed by atoms with Crippen LogP contribution in [0, 0.1) is 0 Å². The molecule has 120 valence electrons. The second kappa shape index (κ2) is 8.80. The van der Waals surface area contributed by atoms with Gasteiger partial charge in [-0.25, -0.2) is 0 Å². The molecule has 0 fully saturated rings. The minimum absolute atomic E-state index is 0.650. The summed E-state index contributed by atoms with van der Waals surface area (Å²) in [6, 6.07) is 15.5. The van der Waals surface area contributed by atoms with E-state index in [4.69, 9.17) is 5.73 Å². The number of hydrogen-bond donors (Lipinski definition) is 1. The molecular weight excluding hydrogens is 286 g/mol. The van der Waals surface area contributed by atoms with E-state index in [1.165, 1.54) is 0 Å². The van der Waals surface area contributed by atoms with Gasteiger partial charge in [-0.05, 0) is 61.7 Å². The fourth-order valence-electron chi connectivity index (χ4n) is 2.27. The zero-order valence-electron chi connectivity index (χ0n) is 13.5. The van der Waals surface area contributed by atoms with Crippen LogP contribution in [0.25, 0.3) is 0 Å². The molecule has 2 aromatic rings. The summed E-state index contributed by atoms with van der Waals surface area (Å²) in [5.74, 6) is 0. The molecule has 0 spiro atoms. The number of azo groups is 1. The van der Waals surface area contributed by atoms with Gasteiger partial charge in [0.1, 0.15) is 0 Å². The summed E-state index contributed by atoms with van der Waals surface area (Å²) in [6.07, 6.45) is 1.09. The number of rotatable bonds is 8. The van der Waals surface area contributed by atoms with Crippen LogP contribution in [-0.4, -0.2) is 26.4 Å². The zero-order chi connectivity index (χ0) is 16.5. The summed E-state index contributed by atoms with van der Waals surface area (Å²) in [7, 11) is 0. The molecule has 2 N–H and O–H groups in total. The summed E-state index contributed by atoms with van der Waals surface area (Å²) in [4.78, 5) is 6.13. The van der Waals surface area contributed by atoms with E-state index in [1.807, 2.05) is 36.4 Å². The Bertz CT molecular complexity index is 625. The third-order valence-electron chi connectivity index (χ3n) is 3.42. The van der Waals surface area contributed by atoms with E-state index in [-0.39, 0.29) is 0 Å². The van der Waals surface area contributed by atoms with Crippen LogP contribution in [-0.2, 0) is 0 Å². The number of anilines is 1. The summed E-state index contributed by atoms with van der Waals surface area (Å²) in [6.45, 7) is 8.16. The lowest BCUT2D eigenvalue weighted by Crippen LogP contribution is -2.29. The fourth-order valence-corrected chi connectivity index (χ4v) is 2.27. The van der Waals surface area contributed by atoms with Crippen molar-refractivity contribution in [1.82, 2.24) is 0 Å². The first kappa shape index (κ1) is 16.8. The lowest BCUT2D eigenvalue weighted by atomic mass is 10.2. The molecule has 0 saturated heterocycles. The Morgan fingerprint density at radius 1 is 0.870 bits per heavy atom. The third-order valence-corrected chi connectivity index (χ3v) is 3.42. The summed E-state index contributed by atoms with van der Waals surface area (Å²) in [5.41, 5.74) is 9.27. The average Bonchev–Trinajstić information content (AvgIpc) is 2.61. The molecule has 5 nitrogen and oxygen atoms in total. The van der Waals surface area contributed by atoms with Gasteiger partial charge in [-0.15, -0.1) is 0 Å². The van der Waals surface area contributed by atoms with Gasteiger partial charge in [0.2, 0.25) is 0 Å². The number of aliphatic imine (C=N–C) groups is 1. The molecule has 0 atom stereocenters. The van der Waals surface area contributed by atoms with Gasteiger partial charge in [-0.3, -0.25) is 4.99 Å². The van der Waals surface area contributed by atoms with Crippen LogP contribution >= 0.6 is 0 Å². The molecule has 2 rings (SSSR count). The van der Waals surface area contributed by atoms with Crippen molar-refractivity contribution >= 4 is 29.5 Å². The maximum Gasteiger partial charge on any atom is 0.0858 e. The molecule has 5 heteroatoms. The van der Waals surface area contributed by atoms with Crippen molar-refractivity contribution in [2.45, 2.75) is 13.3 Å². The van der Waals surface area contributed by atoms with Crippen LogP contribution in [0.15, 0.2) is 63.8 Å². The van der Waals surface area contributed by atoms with Gasteiger partial charge in [-0.1, -0.05) is 6.92 Å². The highest BCUT2D eigenvalue weighted by Crippen LogP contribution is 2.23. The topological polar surface area (TPSA) is 66.3 Å². The van der Waals surface area contributed by atoms with Gasteiger partial charge in [-0.2, -0.15) is 10.2 Å². The van der Waals surface area contributed by atoms with Gasteiger partial charge in [0, 0.05) is 25.3 Å². The predicted octanol–water partition coefficient (Wildman–Crippen LogP) is 4.61. The van der Waals surface area contributed by atoms with Crippen LogP contribution in [0.4, 0.5) is 22.7 Å². The van der Waals surface area contributed by atoms with Gasteiger partial charge in [0.15, 0.2) is 0 Å². The van der Waals surface area contributed by atoms with E-state index in [1.54, 1.807) is 0 Å². The van der Waals surface area contributed by atoms with Crippen molar-refractivity contribution in [2.75, 3.05) is 24.5 Å². The van der Waals surface area contributed by atoms with Crippen molar-refractivity contribution in [2.24, 2.45) is 21.0 Å². The van der Waals surface area contributed by atoms with Crippen LogP contribution in [0.5, 0.6) is 0 Å². The van der Waals surface area contributed by atoms with Crippen molar-refractivity contribution in [1.29, 1.82) is 0 Å². The van der Waals surface area contributed by atoms with Crippen LogP contribution in [0.2, 0.25) is 0 Å². The molecule has 0 aliphatic rings. The number of hydrogen-bond acceptors (Lipinski definition) is 5. The van der Waals surface area contributed by atoms with Gasteiger partial charge in [0.05, 0.1) is 17.1 Å². The standard InChI is InChI=1S/C18H23N5/c1-3-13-23(14-12-19)18-10-8-17(9-11-18)22-21-16-6-4-15(20-2)5-7-16/h4-11H,2-3,12-14,19H2,1H3. The Labute approximate surface area is 137 Å². The molecule has 0 radical (unpaired) electrons. The normalized spacial score (nSPS) is 10.9. The number of benzene rings is 2. The number of nitrogens with two attached hydrogens (primary N) is 1. The molecule has 0 bridgehead atoms. The molecule has 0 heterocycles. The van der Waals surface area contributed by atoms with E-state index in [0.29, 0.717) is 6.54 Å². The highest BCUT2D eigenvalue weighted by molar-refractivity contribution is 5.54. The van der Waals surface area contributed by atoms with Gasteiger partial charge >= 0.3 is 0 Å². The fraction of sp³-hybridized carbons (Fsp3) is 0.278. The molecule has 0 unspecified atom stereocenters. The maximum absolute atomic E-state index is 5.67. The monoisotopic (exact) mass is 309 g/mol. The van der Waals surface area contributed by atoms with Crippen molar-refractivity contribution in [3.63, 3.8) is 0 Å². The largest absolute Gasteiger partial charge is 0.370 e. The summed E-state index contributed by atoms with van der Waals surface area (Å²) >= 11 is 0. The van der Waals surface area contributed by atoms with E-state index >= 15 is 0 Å². The maximum atomic E-state index is 5.67. The lowest BCUT2D eigenvalue weighted by molar-refractivity contribution is 0.762. The SMILES string of the molecule is C=Nc1ccc(N=Nc2ccc(N(CCC)CCN)cc2)cc1. The Morgan fingerprint density at radius 3 is 1.87 bits per heavy atom. The molecule has 23 heavy (non-hydrogen) atoms. The van der Waals surface area contributed by atoms with Crippen LogP contribution in [0.1, 0.15) is 13.3 Å². The first-order valence-corrected chi connectivity index (χ1v) is 7.80. The summed E-state index contributed by atoms with van der Waals surface area (Å²) in [5, 5.41) is 8.49.